The van der Waals surface area contributed by atoms with E-state index in [4.69, 9.17) is 46.6 Å². The van der Waals surface area contributed by atoms with Gasteiger partial charge in [-0.3, -0.25) is 10.2 Å². The summed E-state index contributed by atoms with van der Waals surface area (Å²) in [6.45, 7) is 40.1. The molecule has 0 saturated heterocycles. The van der Waals surface area contributed by atoms with E-state index in [1.165, 1.54) is 68.5 Å². The molecule has 5 N–H and O–H groups in total. The predicted octanol–water partition coefficient (Wildman–Crippen LogP) is 21.9. The molecule has 2 atom stereocenters. The summed E-state index contributed by atoms with van der Waals surface area (Å²) in [7, 11) is 3.88. The van der Waals surface area contributed by atoms with Gasteiger partial charge in [0.15, 0.2) is 0 Å². The van der Waals surface area contributed by atoms with Crippen molar-refractivity contribution in [2.45, 2.75) is 264 Å². The van der Waals surface area contributed by atoms with Crippen LogP contribution >= 0.6 is 90.1 Å². The van der Waals surface area contributed by atoms with Crippen LogP contribution in [0, 0.1) is 0 Å². The molecule has 0 radical (unpaired) electrons. The topological polar surface area (TPSA) is 287 Å². The van der Waals surface area contributed by atoms with Gasteiger partial charge in [0.25, 0.3) is 0 Å². The maximum Gasteiger partial charge on any atom is 0.322 e. The minimum atomic E-state index is -2.12. The minimum Gasteiger partial charge on any atom is -0.333 e. The maximum atomic E-state index is 12.6. The smallest absolute Gasteiger partial charge is 0.322 e. The van der Waals surface area contributed by atoms with Gasteiger partial charge in [0.2, 0.25) is 0 Å². The fraction of sp³-hybridized carbons (Fsp3) is 0.593. The van der Waals surface area contributed by atoms with Crippen molar-refractivity contribution in [1.82, 2.24) is 79.9 Å². The summed E-state index contributed by atoms with van der Waals surface area (Å²) < 4.78 is 47.7. The van der Waals surface area contributed by atoms with Crippen LogP contribution in [0.4, 0.5) is 20.1 Å². The van der Waals surface area contributed by atoms with E-state index in [0.717, 1.165) is 140 Å². The van der Waals surface area contributed by atoms with Gasteiger partial charge in [-0.2, -0.15) is 20.4 Å². The number of thiazole rings is 4. The van der Waals surface area contributed by atoms with Crippen LogP contribution in [-0.2, 0) is 94.6 Å². The zero-order chi connectivity index (χ0) is 85.5. The van der Waals surface area contributed by atoms with Crippen molar-refractivity contribution in [3.8, 4) is 32.1 Å². The van der Waals surface area contributed by atoms with Gasteiger partial charge in [0.1, 0.15) is 61.4 Å². The number of anilines is 1. The molecule has 0 aliphatic carbocycles. The molecule has 2 unspecified atom stereocenters. The monoisotopic (exact) mass is 1980 g/mol. The van der Waals surface area contributed by atoms with Crippen molar-refractivity contribution in [1.29, 1.82) is 0 Å². The second-order valence-corrected chi connectivity index (χ2v) is 66.5. The number of unbranched alkanes of at least 4 members (excludes halogenated alkanes) is 3. The molecule has 8 aromatic heterocycles. The fourth-order valence-corrected chi connectivity index (χ4v) is 36.3. The summed E-state index contributed by atoms with van der Waals surface area (Å²) >= 11 is 14.1. The molecule has 4 amide bonds. The molecule has 9 aromatic rings. The average Bonchev–Trinajstić information content (AvgIpc) is 1.62. The number of hydrogen-bond donors (Lipinski definition) is 5. The molecule has 12 heterocycles. The molecule has 13 rings (SSSR count). The maximum absolute atomic E-state index is 12.6. The van der Waals surface area contributed by atoms with Crippen LogP contribution in [0.3, 0.4) is 0 Å². The molecule has 0 bridgehead atoms. The van der Waals surface area contributed by atoms with Crippen LogP contribution in [-0.4, -0.2) is 188 Å². The predicted molar refractivity (Wildman–Crippen MR) is 511 cm³/mol. The molecule has 4 aliphatic heterocycles. The second-order valence-electron chi connectivity index (χ2n) is 33.1. The van der Waals surface area contributed by atoms with Crippen molar-refractivity contribution in [2.75, 3.05) is 50.2 Å². The molecule has 656 valence electrons. The van der Waals surface area contributed by atoms with Crippen LogP contribution in [0.1, 0.15) is 169 Å². The number of carbonyl (C=O) groups excluding carboxylic acids is 3. The van der Waals surface area contributed by atoms with Crippen LogP contribution in [0.15, 0.2) is 75.2 Å². The van der Waals surface area contributed by atoms with E-state index < -0.39 is 56.1 Å². The number of nitrogens with one attached hydrogen (secondary N) is 4. The Kier molecular flexibility index (Phi) is 43.5. The first-order valence-corrected chi connectivity index (χ1v) is 62.7. The van der Waals surface area contributed by atoms with Gasteiger partial charge in [-0.05, 0) is 98.1 Å². The van der Waals surface area contributed by atoms with E-state index in [1.54, 1.807) is 78.2 Å². The normalized spacial score (nSPS) is 14.0. The summed E-state index contributed by atoms with van der Waals surface area (Å²) in [5, 5.41) is 41.8. The zero-order valence-electron chi connectivity index (χ0n) is 71.7. The van der Waals surface area contributed by atoms with Crippen LogP contribution in [0.2, 0.25) is 69.7 Å². The molecular weight excluding hydrogens is 1850 g/mol. The van der Waals surface area contributed by atoms with E-state index >= 15 is 0 Å². The average molecular weight is 1990 g/mol. The molecule has 0 spiro atoms. The van der Waals surface area contributed by atoms with Gasteiger partial charge >= 0.3 is 140 Å². The Morgan fingerprint density at radius 1 is 0.653 bits per heavy atom. The van der Waals surface area contributed by atoms with Gasteiger partial charge in [0.05, 0.1) is 19.6 Å². The Balaban J connectivity index is 0.000000262. The number of amides is 4. The summed E-state index contributed by atoms with van der Waals surface area (Å²) in [6, 6.07) is 9.26. The van der Waals surface area contributed by atoms with Crippen molar-refractivity contribution in [3.63, 3.8) is 0 Å². The zero-order valence-corrected chi connectivity index (χ0v) is 84.2. The number of rotatable bonds is 25. The number of hydrogen-bond acceptors (Lipinski definition) is 20. The SMILES string of the molecule is C.C.CC(C)(C)OC(=O)N1CCc2c(c(-c3nccs3)nn2COCC[Si](C)(C)C)C1.CC(C)(C)OC(=O)N1CCc2c(c(Br)nn2COCC[Si](C)(C)C)C1.CCC[CH2][Sn]([CH2]CCC)([CH2]CCC)[c]1nccs1.O=C(Nc1cccc(Cl)c1)N1CCc2[nH]nc(-c3nccs3)c2C1.OS(=P)CP.[2H]C.c1csc(-c2n[nH]c3c2CNCC3)n1. The van der Waals surface area contributed by atoms with E-state index in [9.17, 15) is 14.4 Å². The first kappa shape index (κ1) is 102. The Labute approximate surface area is 746 Å². The second kappa shape index (κ2) is 50.3. The third kappa shape index (κ3) is 33.1. The Morgan fingerprint density at radius 2 is 1.10 bits per heavy atom. The van der Waals surface area contributed by atoms with E-state index in [2.05, 4.69) is 150 Å². The van der Waals surface area contributed by atoms with Crippen LogP contribution < -0.4 is 13.7 Å². The first-order chi connectivity index (χ1) is 55.7. The van der Waals surface area contributed by atoms with E-state index in [0.29, 0.717) is 63.4 Å². The number of ether oxygens (including phenoxy) is 4. The molecule has 1 aromatic carbocycles. The molecule has 4 aliphatic rings. The Bertz CT molecular complexity index is 4440. The number of urea groups is 1. The third-order valence-electron chi connectivity index (χ3n) is 19.0. The molecular formula is C81H133BrClN17O8P2S5Si2Sn. The number of nitrogens with zero attached hydrogens (tertiary/aromatic N) is 13. The Morgan fingerprint density at radius 3 is 1.56 bits per heavy atom. The summed E-state index contributed by atoms with van der Waals surface area (Å²) in [5.41, 5.74) is 12.1. The minimum absolute atomic E-state index is 0. The van der Waals surface area contributed by atoms with Crippen molar-refractivity contribution < 1.29 is 39.3 Å². The number of carbonyl (C=O) groups is 3. The number of aromatic amines is 2. The summed E-state index contributed by atoms with van der Waals surface area (Å²) in [6.07, 6.45) is 18.4. The quantitative estimate of drug-likeness (QED) is 0.0202. The van der Waals surface area contributed by atoms with Crippen LogP contribution in [0.5, 0.6) is 0 Å². The van der Waals surface area contributed by atoms with Crippen molar-refractivity contribution >= 4 is 162 Å². The molecule has 0 fully saturated rings. The molecule has 0 saturated carbocycles. The standard InChI is InChI=1S/C20H32N4O3SSi.C17H30BrN3O3Si.C16H14ClN5OS.C9H10N4S.3C4H9.C3H2NS.CH6OP2S.3CH4.Sn/c1-20(2,3)27-19(25)23-9-7-16-15(13-23)17(18-21-8-11-28-18)22-24(16)14-26-10-12-29(4,5)6;1-17(2,3)24-16(22)20-8-7-14-13(11-20)15(18)19-21(14)12-23-9-10-25(4,5)6;17-10-2-1-3-11(8-10)19-16(23)22-6-4-13-12(9-22)14(21-20-13)15-18-5-7-24-15;1-2-10-5-6-7(1)12-13-8(6)9-11-3-4-14-9;3*1-3-4-2;1-2-5-3-4-1;2-5(4)1-3;;;;/h8,11H,7,9-10,12-14H2,1-6H3;7-12H2,1-6H3;1-3,5,7-8H,4,6,9H2,(H,19,23)(H,20,21);3-4,10H,1-2,5H2,(H,12,13);3*1,3-4H2,2H3;1-2H;2,4H,1,3H2;3*1H4;/i;;;;;;;;;1D;;;. The number of aromatic nitrogens is 12. The summed E-state index contributed by atoms with van der Waals surface area (Å²) in [5.74, 6) is 0. The largest absolute Gasteiger partial charge is 0.333 e. The Hall–Kier alpha value is -4.69. The molecule has 25 nitrogen and oxygen atoms in total. The van der Waals surface area contributed by atoms with Crippen molar-refractivity contribution in [3.05, 3.63) is 125 Å². The van der Waals surface area contributed by atoms with Crippen LogP contribution in [0.25, 0.3) is 32.1 Å². The molecule has 37 heteroatoms. The first-order valence-electron chi connectivity index (χ1n) is 40.7. The summed E-state index contributed by atoms with van der Waals surface area (Å²) in [4.78, 5) is 60.4. The van der Waals surface area contributed by atoms with Crippen molar-refractivity contribution in [2.24, 2.45) is 0 Å². The van der Waals surface area contributed by atoms with E-state index in [1.807, 2.05) is 103 Å². The van der Waals surface area contributed by atoms with Gasteiger partial charge in [-0.15, -0.1) is 43.3 Å². The van der Waals surface area contributed by atoms with Gasteiger partial charge < -0.3 is 48.8 Å². The van der Waals surface area contributed by atoms with E-state index in [-0.39, 0.29) is 33.1 Å². The fourth-order valence-electron chi connectivity index (χ4n) is 12.9. The number of H-pyrrole nitrogens is 2. The van der Waals surface area contributed by atoms with Gasteiger partial charge in [-0.25, -0.2) is 38.7 Å². The van der Waals surface area contributed by atoms with Gasteiger partial charge in [-0.1, -0.05) is 87.2 Å². The molecule has 118 heavy (non-hydrogen) atoms. The van der Waals surface area contributed by atoms with Gasteiger partial charge in [0, 0.05) is 185 Å². The number of fused-ring (bicyclic) bond motifs is 4. The third-order valence-corrected chi connectivity index (χ3v) is 47.1. The number of halogens is 2. The number of benzene rings is 1.